The Labute approximate surface area is 119 Å². The Kier molecular flexibility index (Phi) is 4.97. The summed E-state index contributed by atoms with van der Waals surface area (Å²) in [6.45, 7) is 1.36. The molecule has 3 heteroatoms. The van der Waals surface area contributed by atoms with E-state index in [2.05, 4.69) is 17.0 Å². The van der Waals surface area contributed by atoms with Gasteiger partial charge in [-0.2, -0.15) is 0 Å². The zero-order chi connectivity index (χ0) is 13.7. The molecule has 0 saturated heterocycles. The zero-order valence-electron chi connectivity index (χ0n) is 11.0. The average Bonchev–Trinajstić information content (AvgIpc) is 2.40. The molecular formula is C16H18ClNO. The van der Waals surface area contributed by atoms with Gasteiger partial charge in [0, 0.05) is 23.7 Å². The van der Waals surface area contributed by atoms with Crippen LogP contribution in [0.1, 0.15) is 17.2 Å². The van der Waals surface area contributed by atoms with Crippen LogP contribution in [-0.4, -0.2) is 23.6 Å². The highest BCUT2D eigenvalue weighted by atomic mass is 35.5. The number of aliphatic hydroxyl groups excluding tert-OH is 1. The van der Waals surface area contributed by atoms with E-state index < -0.39 is 6.10 Å². The van der Waals surface area contributed by atoms with E-state index in [9.17, 15) is 5.11 Å². The summed E-state index contributed by atoms with van der Waals surface area (Å²) in [4.78, 5) is 2.09. The molecule has 2 nitrogen and oxygen atoms in total. The van der Waals surface area contributed by atoms with Crippen LogP contribution in [0.15, 0.2) is 54.6 Å². The van der Waals surface area contributed by atoms with Crippen molar-refractivity contribution in [1.29, 1.82) is 0 Å². The summed E-state index contributed by atoms with van der Waals surface area (Å²) in [5, 5.41) is 10.8. The normalized spacial score (nSPS) is 12.6. The number of rotatable bonds is 5. The van der Waals surface area contributed by atoms with Crippen LogP contribution in [0.5, 0.6) is 0 Å². The fourth-order valence-electron chi connectivity index (χ4n) is 2.10. The van der Waals surface area contributed by atoms with E-state index in [-0.39, 0.29) is 0 Å². The van der Waals surface area contributed by atoms with Crippen molar-refractivity contribution in [2.24, 2.45) is 0 Å². The van der Waals surface area contributed by atoms with Gasteiger partial charge in [0.1, 0.15) is 0 Å². The van der Waals surface area contributed by atoms with Crippen LogP contribution in [0.2, 0.25) is 5.02 Å². The Balaban J connectivity index is 1.96. The minimum atomic E-state index is -0.567. The highest BCUT2D eigenvalue weighted by molar-refractivity contribution is 6.31. The van der Waals surface area contributed by atoms with Gasteiger partial charge in [0.05, 0.1) is 6.10 Å². The van der Waals surface area contributed by atoms with Gasteiger partial charge in [-0.1, -0.05) is 60.1 Å². The Bertz CT molecular complexity index is 515. The Morgan fingerprint density at radius 3 is 2.37 bits per heavy atom. The monoisotopic (exact) mass is 275 g/mol. The molecule has 19 heavy (non-hydrogen) atoms. The van der Waals surface area contributed by atoms with Gasteiger partial charge in [0.25, 0.3) is 0 Å². The molecule has 0 aliphatic carbocycles. The molecule has 2 rings (SSSR count). The topological polar surface area (TPSA) is 23.5 Å². The lowest BCUT2D eigenvalue weighted by Crippen LogP contribution is -2.24. The van der Waals surface area contributed by atoms with E-state index in [4.69, 9.17) is 11.6 Å². The first-order valence-corrected chi connectivity index (χ1v) is 6.69. The van der Waals surface area contributed by atoms with Gasteiger partial charge < -0.3 is 5.11 Å². The highest BCUT2D eigenvalue weighted by Crippen LogP contribution is 2.23. The molecule has 0 aliphatic heterocycles. The third kappa shape index (κ3) is 4.06. The lowest BCUT2D eigenvalue weighted by atomic mass is 10.1. The number of hydrogen-bond donors (Lipinski definition) is 1. The second kappa shape index (κ2) is 6.71. The zero-order valence-corrected chi connectivity index (χ0v) is 11.7. The van der Waals surface area contributed by atoms with Crippen LogP contribution < -0.4 is 0 Å². The number of halogens is 1. The smallest absolute Gasteiger partial charge is 0.0931 e. The SMILES string of the molecule is CN(Cc1ccccc1)C[C@H](O)c1ccccc1Cl. The minimum absolute atomic E-state index is 0.554. The van der Waals surface area contributed by atoms with Crippen molar-refractivity contribution in [3.63, 3.8) is 0 Å². The number of benzene rings is 2. The van der Waals surface area contributed by atoms with Crippen molar-refractivity contribution < 1.29 is 5.11 Å². The molecule has 0 amide bonds. The van der Waals surface area contributed by atoms with Crippen LogP contribution in [0.4, 0.5) is 0 Å². The molecule has 0 aliphatic rings. The predicted octanol–water partition coefficient (Wildman–Crippen LogP) is 3.51. The summed E-state index contributed by atoms with van der Waals surface area (Å²) >= 11 is 6.08. The van der Waals surface area contributed by atoms with Gasteiger partial charge in [0.2, 0.25) is 0 Å². The fraction of sp³-hybridized carbons (Fsp3) is 0.250. The van der Waals surface area contributed by atoms with Crippen molar-refractivity contribution in [3.05, 3.63) is 70.7 Å². The summed E-state index contributed by atoms with van der Waals surface area (Å²) in [7, 11) is 1.99. The van der Waals surface area contributed by atoms with Crippen molar-refractivity contribution >= 4 is 11.6 Å². The van der Waals surface area contributed by atoms with Gasteiger partial charge in [-0.15, -0.1) is 0 Å². The molecule has 0 radical (unpaired) electrons. The maximum atomic E-state index is 10.2. The van der Waals surface area contributed by atoms with E-state index in [1.165, 1.54) is 5.56 Å². The van der Waals surface area contributed by atoms with Crippen LogP contribution in [0.25, 0.3) is 0 Å². The van der Waals surface area contributed by atoms with Gasteiger partial charge in [-0.05, 0) is 18.7 Å². The maximum Gasteiger partial charge on any atom is 0.0931 e. The van der Waals surface area contributed by atoms with Gasteiger partial charge >= 0.3 is 0 Å². The summed E-state index contributed by atoms with van der Waals surface area (Å²) in [5.41, 5.74) is 2.01. The van der Waals surface area contributed by atoms with Gasteiger partial charge in [-0.3, -0.25) is 4.90 Å². The highest BCUT2D eigenvalue weighted by Gasteiger charge is 2.13. The third-order valence-electron chi connectivity index (χ3n) is 3.04. The van der Waals surface area contributed by atoms with Crippen LogP contribution in [0, 0.1) is 0 Å². The summed E-state index contributed by atoms with van der Waals surface area (Å²) in [6, 6.07) is 17.6. The minimum Gasteiger partial charge on any atom is -0.387 e. The van der Waals surface area contributed by atoms with Crippen molar-refractivity contribution in [1.82, 2.24) is 4.90 Å². The van der Waals surface area contributed by atoms with Crippen molar-refractivity contribution in [3.8, 4) is 0 Å². The number of hydrogen-bond acceptors (Lipinski definition) is 2. The molecule has 100 valence electrons. The Hall–Kier alpha value is -1.35. The Morgan fingerprint density at radius 1 is 1.05 bits per heavy atom. The number of likely N-dealkylation sites (N-methyl/N-ethyl adjacent to an activating group) is 1. The molecule has 0 spiro atoms. The second-order valence-corrected chi connectivity index (χ2v) is 5.13. The Morgan fingerprint density at radius 2 is 1.68 bits per heavy atom. The summed E-state index contributed by atoms with van der Waals surface area (Å²) < 4.78 is 0. The number of aliphatic hydroxyl groups is 1. The predicted molar refractivity (Wildman–Crippen MR) is 79.2 cm³/mol. The first-order chi connectivity index (χ1) is 9.16. The first-order valence-electron chi connectivity index (χ1n) is 6.32. The first kappa shape index (κ1) is 14.1. The maximum absolute atomic E-state index is 10.2. The lowest BCUT2D eigenvalue weighted by molar-refractivity contribution is 0.124. The molecule has 2 aromatic carbocycles. The van der Waals surface area contributed by atoms with Crippen LogP contribution in [-0.2, 0) is 6.54 Å². The van der Waals surface area contributed by atoms with Crippen molar-refractivity contribution in [2.45, 2.75) is 12.6 Å². The van der Waals surface area contributed by atoms with E-state index in [1.54, 1.807) is 6.07 Å². The fourth-order valence-corrected chi connectivity index (χ4v) is 2.36. The molecule has 0 fully saturated rings. The van der Waals surface area contributed by atoms with E-state index in [0.717, 1.165) is 12.1 Å². The van der Waals surface area contributed by atoms with Gasteiger partial charge in [-0.25, -0.2) is 0 Å². The quantitative estimate of drug-likeness (QED) is 0.903. The van der Waals surface area contributed by atoms with E-state index in [0.29, 0.717) is 11.6 Å². The lowest BCUT2D eigenvalue weighted by Gasteiger charge is -2.21. The standard InChI is InChI=1S/C16H18ClNO/c1-18(11-13-7-3-2-4-8-13)12-16(19)14-9-5-6-10-15(14)17/h2-10,16,19H,11-12H2,1H3/t16-/m0/s1. The summed E-state index contributed by atoms with van der Waals surface area (Å²) in [5.74, 6) is 0. The second-order valence-electron chi connectivity index (χ2n) is 4.72. The third-order valence-corrected chi connectivity index (χ3v) is 3.39. The molecule has 1 N–H and O–H groups in total. The van der Waals surface area contributed by atoms with Crippen molar-refractivity contribution in [2.75, 3.05) is 13.6 Å². The molecule has 0 aromatic heterocycles. The molecule has 0 bridgehead atoms. The van der Waals surface area contributed by atoms with E-state index in [1.807, 2.05) is 43.4 Å². The molecule has 2 aromatic rings. The van der Waals surface area contributed by atoms with E-state index >= 15 is 0 Å². The van der Waals surface area contributed by atoms with Crippen LogP contribution >= 0.6 is 11.6 Å². The molecule has 1 atom stereocenters. The van der Waals surface area contributed by atoms with Gasteiger partial charge in [0.15, 0.2) is 0 Å². The number of nitrogens with zero attached hydrogens (tertiary/aromatic N) is 1. The largest absolute Gasteiger partial charge is 0.387 e. The molecule has 0 saturated carbocycles. The van der Waals surface area contributed by atoms with Crippen LogP contribution in [0.3, 0.4) is 0 Å². The molecular weight excluding hydrogens is 258 g/mol. The molecule has 0 unspecified atom stereocenters. The average molecular weight is 276 g/mol. The summed E-state index contributed by atoms with van der Waals surface area (Å²) in [6.07, 6.45) is -0.567. The molecule has 0 heterocycles.